The second-order valence-corrected chi connectivity index (χ2v) is 6.75. The lowest BCUT2D eigenvalue weighted by Gasteiger charge is -2.21. The van der Waals surface area contributed by atoms with Gasteiger partial charge in [-0.3, -0.25) is 4.79 Å². The van der Waals surface area contributed by atoms with Crippen molar-refractivity contribution >= 4 is 21.7 Å². The number of carbonyl (C=O) groups excluding carboxylic acids is 1. The molecule has 1 heterocycles. The van der Waals surface area contributed by atoms with Crippen LogP contribution in [0.15, 0.2) is 10.6 Å². The molecule has 1 N–H and O–H groups in total. The van der Waals surface area contributed by atoms with E-state index in [1.165, 1.54) is 0 Å². The zero-order valence-corrected chi connectivity index (χ0v) is 12.9. The number of likely N-dealkylation sites (N-methyl/N-ethyl adjacent to an activating group) is 1. The summed E-state index contributed by atoms with van der Waals surface area (Å²) >= 11 is 0. The van der Waals surface area contributed by atoms with E-state index in [9.17, 15) is 13.2 Å². The molecule has 1 aromatic heterocycles. The number of hydrogen-bond acceptors (Lipinski definition) is 6. The third-order valence-corrected chi connectivity index (χ3v) is 3.73. The second kappa shape index (κ2) is 6.82. The Hall–Kier alpha value is -1.45. The molecule has 0 aromatic carbocycles. The molecule has 1 rings (SSSR count). The zero-order valence-electron chi connectivity index (χ0n) is 12.1. The molecule has 0 fully saturated rings. The van der Waals surface area contributed by atoms with E-state index >= 15 is 0 Å². The molecule has 0 bridgehead atoms. The van der Waals surface area contributed by atoms with Crippen LogP contribution in [0.2, 0.25) is 0 Å². The molecule has 0 saturated carbocycles. The Morgan fingerprint density at radius 1 is 1.40 bits per heavy atom. The topological polar surface area (TPSA) is 95.8 Å². The molecule has 1 amide bonds. The molecule has 0 aliphatic carbocycles. The number of amides is 1. The summed E-state index contributed by atoms with van der Waals surface area (Å²) in [6.07, 6.45) is 1.08. The fourth-order valence-corrected chi connectivity index (χ4v) is 2.21. The van der Waals surface area contributed by atoms with Gasteiger partial charge in [-0.15, -0.1) is 0 Å². The normalized spacial score (nSPS) is 12.1. The number of hydrogen-bond donors (Lipinski definition) is 1. The summed E-state index contributed by atoms with van der Waals surface area (Å²) in [5.74, 6) is 0.379. The highest BCUT2D eigenvalue weighted by Crippen LogP contribution is 2.07. The number of nitrogens with zero attached hydrogens (tertiary/aromatic N) is 3. The number of sulfonamides is 1. The van der Waals surface area contributed by atoms with Gasteiger partial charge in [0.25, 0.3) is 0 Å². The third kappa shape index (κ3) is 5.68. The van der Waals surface area contributed by atoms with E-state index in [2.05, 4.69) is 10.5 Å². The van der Waals surface area contributed by atoms with Gasteiger partial charge in [0.1, 0.15) is 5.76 Å². The van der Waals surface area contributed by atoms with E-state index in [4.69, 9.17) is 4.52 Å². The average molecular weight is 304 g/mol. The first-order valence-electron chi connectivity index (χ1n) is 6.01. The van der Waals surface area contributed by atoms with E-state index in [0.717, 1.165) is 10.6 Å². The summed E-state index contributed by atoms with van der Waals surface area (Å²) in [5.41, 5.74) is 0. The smallest absolute Gasteiger partial charge is 0.240 e. The molecule has 0 aliphatic rings. The van der Waals surface area contributed by atoms with E-state index in [1.807, 2.05) is 19.0 Å². The molecule has 0 radical (unpaired) electrons. The lowest BCUT2D eigenvalue weighted by molar-refractivity contribution is -0.116. The predicted molar refractivity (Wildman–Crippen MR) is 74.8 cm³/mol. The van der Waals surface area contributed by atoms with Crippen LogP contribution in [-0.4, -0.2) is 68.7 Å². The van der Waals surface area contributed by atoms with Gasteiger partial charge < -0.3 is 14.7 Å². The first-order valence-corrected chi connectivity index (χ1v) is 7.86. The summed E-state index contributed by atoms with van der Waals surface area (Å²) in [5, 5.41) is 6.11. The summed E-state index contributed by atoms with van der Waals surface area (Å²) in [4.78, 5) is 13.7. The largest absolute Gasteiger partial charge is 0.360 e. The van der Waals surface area contributed by atoms with Crippen molar-refractivity contribution in [3.8, 4) is 0 Å². The fraction of sp³-hybridized carbons (Fsp3) is 0.636. The van der Waals surface area contributed by atoms with Gasteiger partial charge in [0.2, 0.25) is 15.9 Å². The van der Waals surface area contributed by atoms with Gasteiger partial charge in [-0.05, 0) is 21.0 Å². The van der Waals surface area contributed by atoms with E-state index in [-0.39, 0.29) is 18.9 Å². The number of carbonyl (C=O) groups is 1. The monoisotopic (exact) mass is 304 g/mol. The van der Waals surface area contributed by atoms with Crippen LogP contribution in [0.5, 0.6) is 0 Å². The molecule has 8 nitrogen and oxygen atoms in total. The van der Waals surface area contributed by atoms with Crippen molar-refractivity contribution in [1.82, 2.24) is 14.4 Å². The lowest BCUT2D eigenvalue weighted by Crippen LogP contribution is -2.41. The van der Waals surface area contributed by atoms with Gasteiger partial charge in [-0.1, -0.05) is 5.16 Å². The highest BCUT2D eigenvalue weighted by atomic mass is 32.2. The standard InChI is InChI=1S/C11H20N4O4S/c1-9-7-10(13-19-9)12-11(16)8-15(20(4,17)18)6-5-14(2)3/h7H,5-6,8H2,1-4H3,(H,12,13,16). The van der Waals surface area contributed by atoms with Gasteiger partial charge in [0.15, 0.2) is 5.82 Å². The first-order chi connectivity index (χ1) is 9.18. The lowest BCUT2D eigenvalue weighted by atomic mass is 10.4. The minimum absolute atomic E-state index is 0.247. The molecular formula is C11H20N4O4S. The Kier molecular flexibility index (Phi) is 5.66. The van der Waals surface area contributed by atoms with Gasteiger partial charge in [-0.2, -0.15) is 4.31 Å². The van der Waals surface area contributed by atoms with Crippen LogP contribution in [0.4, 0.5) is 5.82 Å². The van der Waals surface area contributed by atoms with Crippen molar-refractivity contribution in [2.75, 3.05) is 45.3 Å². The molecule has 0 atom stereocenters. The summed E-state index contributed by atoms with van der Waals surface area (Å²) in [6, 6.07) is 1.56. The maximum Gasteiger partial charge on any atom is 0.240 e. The van der Waals surface area contributed by atoms with Crippen molar-refractivity contribution in [3.05, 3.63) is 11.8 Å². The van der Waals surface area contributed by atoms with Crippen LogP contribution in [0.25, 0.3) is 0 Å². The maximum absolute atomic E-state index is 11.8. The molecule has 9 heteroatoms. The molecule has 0 unspecified atom stereocenters. The Balaban J connectivity index is 2.62. The van der Waals surface area contributed by atoms with Crippen molar-refractivity contribution in [3.63, 3.8) is 0 Å². The third-order valence-electron chi connectivity index (χ3n) is 2.48. The Morgan fingerprint density at radius 2 is 2.05 bits per heavy atom. The first kappa shape index (κ1) is 16.6. The van der Waals surface area contributed by atoms with Crippen molar-refractivity contribution in [2.45, 2.75) is 6.92 Å². The van der Waals surface area contributed by atoms with Gasteiger partial charge in [-0.25, -0.2) is 8.42 Å². The number of anilines is 1. The molecule has 0 aliphatic heterocycles. The van der Waals surface area contributed by atoms with Crippen molar-refractivity contribution < 1.29 is 17.7 Å². The van der Waals surface area contributed by atoms with Crippen LogP contribution in [0.3, 0.4) is 0 Å². The summed E-state index contributed by atoms with van der Waals surface area (Å²) < 4.78 is 29.2. The van der Waals surface area contributed by atoms with E-state index in [0.29, 0.717) is 12.3 Å². The molecular weight excluding hydrogens is 284 g/mol. The predicted octanol–water partition coefficient (Wildman–Crippen LogP) is -0.255. The fourth-order valence-electron chi connectivity index (χ4n) is 1.44. The van der Waals surface area contributed by atoms with Gasteiger partial charge >= 0.3 is 0 Å². The Morgan fingerprint density at radius 3 is 2.50 bits per heavy atom. The van der Waals surface area contributed by atoms with Crippen LogP contribution >= 0.6 is 0 Å². The zero-order chi connectivity index (χ0) is 15.3. The number of nitrogens with one attached hydrogen (secondary N) is 1. The van der Waals surface area contributed by atoms with Gasteiger partial charge in [0, 0.05) is 19.2 Å². The van der Waals surface area contributed by atoms with Crippen molar-refractivity contribution in [2.24, 2.45) is 0 Å². The van der Waals surface area contributed by atoms with Crippen LogP contribution < -0.4 is 5.32 Å². The average Bonchev–Trinajstić information content (AvgIpc) is 2.68. The molecule has 114 valence electrons. The van der Waals surface area contributed by atoms with Crippen LogP contribution in [0, 0.1) is 6.92 Å². The number of rotatable bonds is 7. The van der Waals surface area contributed by atoms with Crippen LogP contribution in [0.1, 0.15) is 5.76 Å². The Labute approximate surface area is 118 Å². The number of aromatic nitrogens is 1. The maximum atomic E-state index is 11.8. The number of aryl methyl sites for hydroxylation is 1. The summed E-state index contributed by atoms with van der Waals surface area (Å²) in [7, 11) is 0.223. The minimum atomic E-state index is -3.44. The van der Waals surface area contributed by atoms with Crippen molar-refractivity contribution in [1.29, 1.82) is 0 Å². The second-order valence-electron chi connectivity index (χ2n) is 4.77. The van der Waals surface area contributed by atoms with Gasteiger partial charge in [0.05, 0.1) is 12.8 Å². The molecule has 20 heavy (non-hydrogen) atoms. The molecule has 0 saturated heterocycles. The van der Waals surface area contributed by atoms with Crippen LogP contribution in [-0.2, 0) is 14.8 Å². The highest BCUT2D eigenvalue weighted by molar-refractivity contribution is 7.88. The SMILES string of the molecule is Cc1cc(NC(=O)CN(CCN(C)C)S(C)(=O)=O)no1. The summed E-state index contributed by atoms with van der Waals surface area (Å²) in [6.45, 7) is 2.22. The molecule has 1 aromatic rings. The van der Waals surface area contributed by atoms with E-state index < -0.39 is 15.9 Å². The highest BCUT2D eigenvalue weighted by Gasteiger charge is 2.20. The van der Waals surface area contributed by atoms with E-state index in [1.54, 1.807) is 13.0 Å². The Bertz CT molecular complexity index is 553. The minimum Gasteiger partial charge on any atom is -0.360 e. The quantitative estimate of drug-likeness (QED) is 0.746. The molecule has 0 spiro atoms.